The van der Waals surface area contributed by atoms with E-state index in [1.54, 1.807) is 0 Å². The van der Waals surface area contributed by atoms with E-state index in [2.05, 4.69) is 37.9 Å². The third-order valence-corrected chi connectivity index (χ3v) is 7.47. The van der Waals surface area contributed by atoms with Crippen LogP contribution in [0.2, 0.25) is 0 Å². The highest BCUT2D eigenvalue weighted by molar-refractivity contribution is 9.10. The van der Waals surface area contributed by atoms with Crippen LogP contribution >= 0.6 is 15.9 Å². The van der Waals surface area contributed by atoms with Gasteiger partial charge < -0.3 is 24.6 Å². The van der Waals surface area contributed by atoms with Gasteiger partial charge in [-0.15, -0.1) is 0 Å². The molecule has 36 heavy (non-hydrogen) atoms. The number of aliphatic imine (C=N–C) groups is 1. The van der Waals surface area contributed by atoms with E-state index in [0.29, 0.717) is 29.5 Å². The van der Waals surface area contributed by atoms with Crippen molar-refractivity contribution >= 4 is 43.9 Å². The van der Waals surface area contributed by atoms with E-state index in [0.717, 1.165) is 72.3 Å². The lowest BCUT2D eigenvalue weighted by atomic mass is 9.94. The van der Waals surface area contributed by atoms with E-state index in [4.69, 9.17) is 14.6 Å². The molecule has 2 aliphatic heterocycles. The number of piperidine rings is 1. The Morgan fingerprint density at radius 3 is 2.81 bits per heavy atom. The Bertz CT molecular complexity index is 1260. The predicted molar refractivity (Wildman–Crippen MR) is 148 cm³/mol. The fraction of sp³-hybridized carbons (Fsp3) is 0.429. The smallest absolute Gasteiger partial charge is 0.199 e. The number of halogens is 1. The first-order valence-corrected chi connectivity index (χ1v) is 13.6. The number of ether oxygens (including phenoxy) is 1. The number of H-pyrrole nitrogens is 1. The lowest BCUT2D eigenvalue weighted by Crippen LogP contribution is -2.36. The lowest BCUT2D eigenvalue weighted by molar-refractivity contribution is 0.0778. The van der Waals surface area contributed by atoms with Gasteiger partial charge >= 0.3 is 0 Å². The van der Waals surface area contributed by atoms with Gasteiger partial charge in [-0.05, 0) is 69.0 Å². The summed E-state index contributed by atoms with van der Waals surface area (Å²) in [6.45, 7) is 7.65. The molecule has 0 atom stereocenters. The number of aromatic amines is 1. The van der Waals surface area contributed by atoms with Crippen molar-refractivity contribution < 1.29 is 14.7 Å². The van der Waals surface area contributed by atoms with Crippen LogP contribution < -0.4 is 0 Å². The number of likely N-dealkylation sites (tertiary alicyclic amines) is 1. The van der Waals surface area contributed by atoms with Gasteiger partial charge in [-0.1, -0.05) is 46.2 Å². The summed E-state index contributed by atoms with van der Waals surface area (Å²) in [5.74, 6) is 0.728. The number of nitrogens with one attached hydrogen (secondary N) is 1. The Balaban J connectivity index is 1.24. The van der Waals surface area contributed by atoms with E-state index in [-0.39, 0.29) is 5.88 Å². The summed E-state index contributed by atoms with van der Waals surface area (Å²) < 4.78 is 6.56. The number of aromatic nitrogens is 1. The molecule has 190 valence electrons. The molecule has 3 aromatic rings. The number of benzene rings is 2. The van der Waals surface area contributed by atoms with Crippen molar-refractivity contribution in [2.75, 3.05) is 39.5 Å². The summed E-state index contributed by atoms with van der Waals surface area (Å²) in [5.41, 5.74) is 4.50. The number of oxime groups is 1. The zero-order chi connectivity index (χ0) is 24.9. The Morgan fingerprint density at radius 2 is 1.97 bits per heavy atom. The van der Waals surface area contributed by atoms with Crippen molar-refractivity contribution in [1.29, 1.82) is 0 Å². The van der Waals surface area contributed by atoms with Gasteiger partial charge in [0.15, 0.2) is 5.88 Å². The summed E-state index contributed by atoms with van der Waals surface area (Å²) in [7, 11) is 0. The van der Waals surface area contributed by atoms with Gasteiger partial charge in [-0.2, -0.15) is 0 Å². The topological polar surface area (TPSA) is 82.4 Å². The van der Waals surface area contributed by atoms with Crippen molar-refractivity contribution in [2.24, 2.45) is 16.1 Å². The molecule has 7 nitrogen and oxygen atoms in total. The molecule has 0 radical (unpaired) electrons. The standard InChI is InChI=1S/C28H33BrN4O3/c1-2-15-35-17-14-33-12-9-19(10-13-33)11-16-36-32-26-21-5-3-4-6-23(21)30-27(26)25-22-18-20(29)7-8-24(22)31-28(25)34/h3-8,18-19,31,34H,2,9-17H2,1H3. The second-order valence-electron chi connectivity index (χ2n) is 9.48. The molecule has 8 heteroatoms. The number of hydrogen-bond acceptors (Lipinski definition) is 6. The summed E-state index contributed by atoms with van der Waals surface area (Å²) >= 11 is 3.54. The largest absolute Gasteiger partial charge is 0.494 e. The van der Waals surface area contributed by atoms with Crippen LogP contribution in [0.4, 0.5) is 5.69 Å². The second-order valence-corrected chi connectivity index (χ2v) is 10.4. The van der Waals surface area contributed by atoms with Gasteiger partial charge in [0.25, 0.3) is 0 Å². The average Bonchev–Trinajstić information content (AvgIpc) is 3.41. The number of aromatic hydroxyl groups is 1. The van der Waals surface area contributed by atoms with Crippen LogP contribution in [0.3, 0.4) is 0 Å². The van der Waals surface area contributed by atoms with Crippen LogP contribution in [-0.2, 0) is 9.57 Å². The summed E-state index contributed by atoms with van der Waals surface area (Å²) in [6.07, 6.45) is 4.42. The van der Waals surface area contributed by atoms with Crippen LogP contribution in [0, 0.1) is 5.92 Å². The van der Waals surface area contributed by atoms with Gasteiger partial charge in [0.1, 0.15) is 18.0 Å². The predicted octanol–water partition coefficient (Wildman–Crippen LogP) is 6.02. The van der Waals surface area contributed by atoms with Gasteiger partial charge in [-0.25, -0.2) is 4.99 Å². The van der Waals surface area contributed by atoms with Gasteiger partial charge in [0, 0.05) is 34.1 Å². The van der Waals surface area contributed by atoms with Gasteiger partial charge in [-0.3, -0.25) is 0 Å². The van der Waals surface area contributed by atoms with Crippen molar-refractivity contribution in [3.8, 4) is 5.88 Å². The van der Waals surface area contributed by atoms with E-state index in [1.807, 2.05) is 42.5 Å². The first kappa shape index (κ1) is 25.0. The summed E-state index contributed by atoms with van der Waals surface area (Å²) in [5, 5.41) is 16.2. The van der Waals surface area contributed by atoms with Gasteiger partial charge in [0.05, 0.1) is 17.9 Å². The molecule has 2 aromatic carbocycles. The third-order valence-electron chi connectivity index (χ3n) is 6.97. The lowest BCUT2D eigenvalue weighted by Gasteiger charge is -2.31. The van der Waals surface area contributed by atoms with E-state index in [9.17, 15) is 5.11 Å². The molecule has 1 fully saturated rings. The van der Waals surface area contributed by atoms with Crippen LogP contribution in [0.15, 0.2) is 57.1 Å². The first-order valence-electron chi connectivity index (χ1n) is 12.8. The van der Waals surface area contributed by atoms with Crippen LogP contribution in [0.1, 0.15) is 43.7 Å². The molecule has 2 N–H and O–H groups in total. The molecule has 1 saturated heterocycles. The van der Waals surface area contributed by atoms with Gasteiger partial charge in [0.2, 0.25) is 0 Å². The zero-order valence-electron chi connectivity index (χ0n) is 20.7. The van der Waals surface area contributed by atoms with E-state index in [1.165, 1.54) is 12.8 Å². The highest BCUT2D eigenvalue weighted by Gasteiger charge is 2.29. The maximum absolute atomic E-state index is 10.8. The molecule has 0 unspecified atom stereocenters. The Hall–Kier alpha value is -2.68. The summed E-state index contributed by atoms with van der Waals surface area (Å²) in [6, 6.07) is 13.7. The number of nitrogens with zero attached hydrogens (tertiary/aromatic N) is 3. The van der Waals surface area contributed by atoms with E-state index >= 15 is 0 Å². The maximum atomic E-state index is 10.8. The normalized spacial score (nSPS) is 17.6. The zero-order valence-corrected chi connectivity index (χ0v) is 22.3. The molecule has 0 saturated carbocycles. The Labute approximate surface area is 220 Å². The highest BCUT2D eigenvalue weighted by atomic mass is 79.9. The summed E-state index contributed by atoms with van der Waals surface area (Å²) in [4.78, 5) is 16.3. The van der Waals surface area contributed by atoms with Crippen LogP contribution in [0.5, 0.6) is 5.88 Å². The van der Waals surface area contributed by atoms with Crippen LogP contribution in [-0.4, -0.2) is 65.9 Å². The molecular formula is C28H33BrN4O3. The van der Waals surface area contributed by atoms with E-state index < -0.39 is 0 Å². The quantitative estimate of drug-likeness (QED) is 0.238. The molecule has 1 aromatic heterocycles. The highest BCUT2D eigenvalue weighted by Crippen LogP contribution is 2.36. The molecule has 0 aliphatic carbocycles. The Morgan fingerprint density at radius 1 is 1.14 bits per heavy atom. The Kier molecular flexibility index (Phi) is 8.04. The number of fused-ring (bicyclic) bond motifs is 2. The van der Waals surface area contributed by atoms with Crippen molar-refractivity contribution in [1.82, 2.24) is 9.88 Å². The number of rotatable bonds is 10. The minimum atomic E-state index is 0.0780. The monoisotopic (exact) mass is 552 g/mol. The van der Waals surface area contributed by atoms with Crippen molar-refractivity contribution in [3.05, 3.63) is 58.1 Å². The molecule has 0 spiro atoms. The average molecular weight is 554 g/mol. The third kappa shape index (κ3) is 5.51. The molecule has 5 rings (SSSR count). The maximum Gasteiger partial charge on any atom is 0.199 e. The fourth-order valence-electron chi connectivity index (χ4n) is 5.00. The minimum Gasteiger partial charge on any atom is -0.494 e. The number of hydrogen-bond donors (Lipinski definition) is 2. The number of para-hydroxylation sites is 1. The minimum absolute atomic E-state index is 0.0780. The second kappa shape index (κ2) is 11.6. The SMILES string of the molecule is CCCOCCN1CCC(CCON=C2C(c3c(O)[nH]c4ccc(Br)cc34)=Nc3ccccc32)CC1. The molecule has 3 heterocycles. The van der Waals surface area contributed by atoms with Crippen LogP contribution in [0.25, 0.3) is 10.9 Å². The molecular weight excluding hydrogens is 520 g/mol. The van der Waals surface area contributed by atoms with Crippen molar-refractivity contribution in [3.63, 3.8) is 0 Å². The molecule has 0 bridgehead atoms. The first-order chi connectivity index (χ1) is 17.6. The molecule has 2 aliphatic rings. The fourth-order valence-corrected chi connectivity index (χ4v) is 5.36. The van der Waals surface area contributed by atoms with Crippen molar-refractivity contribution in [2.45, 2.75) is 32.6 Å². The molecule has 0 amide bonds.